The molecule has 3 unspecified atom stereocenters. The average molecular weight is 218 g/mol. The van der Waals surface area contributed by atoms with Gasteiger partial charge < -0.3 is 19.7 Å². The van der Waals surface area contributed by atoms with Crippen LogP contribution in [0.25, 0.3) is 0 Å². The Morgan fingerprint density at radius 2 is 1.80 bits per heavy atom. The van der Waals surface area contributed by atoms with Gasteiger partial charge in [0.2, 0.25) is 0 Å². The van der Waals surface area contributed by atoms with Gasteiger partial charge in [0.25, 0.3) is 0 Å². The number of aldehydes is 1. The molecule has 90 valence electrons. The molecule has 0 fully saturated rings. The van der Waals surface area contributed by atoms with Crippen LogP contribution in [0.15, 0.2) is 0 Å². The molecular weight excluding hydrogens is 196 g/mol. The van der Waals surface area contributed by atoms with Crippen molar-refractivity contribution >= 4 is 6.29 Å². The third-order valence-electron chi connectivity index (χ3n) is 2.10. The lowest BCUT2D eigenvalue weighted by molar-refractivity contribution is -0.108. The van der Waals surface area contributed by atoms with Crippen molar-refractivity contribution in [1.82, 2.24) is 0 Å². The number of carbonyl (C=O) groups is 1. The maximum Gasteiger partial charge on any atom is 0.120 e. The van der Waals surface area contributed by atoms with Gasteiger partial charge in [0.05, 0.1) is 24.4 Å². The van der Waals surface area contributed by atoms with Gasteiger partial charge in [0.15, 0.2) is 0 Å². The zero-order chi connectivity index (χ0) is 11.8. The third-order valence-corrected chi connectivity index (χ3v) is 2.10. The monoisotopic (exact) mass is 218 g/mol. The van der Waals surface area contributed by atoms with E-state index in [0.717, 1.165) is 6.29 Å². The minimum absolute atomic E-state index is 0.0918. The fourth-order valence-electron chi connectivity index (χ4n) is 1.45. The molecule has 0 aromatic rings. The minimum atomic E-state index is -0.839. The van der Waals surface area contributed by atoms with Crippen LogP contribution in [-0.2, 0) is 9.53 Å². The normalized spacial score (nSPS) is 17.5. The molecule has 2 N–H and O–H groups in total. The summed E-state index contributed by atoms with van der Waals surface area (Å²) in [6.45, 7) is 5.70. The van der Waals surface area contributed by atoms with Crippen LogP contribution < -0.4 is 0 Å². The topological polar surface area (TPSA) is 66.8 Å². The van der Waals surface area contributed by atoms with Gasteiger partial charge in [-0.15, -0.1) is 0 Å². The first kappa shape index (κ1) is 14.6. The van der Waals surface area contributed by atoms with Crippen LogP contribution in [0.4, 0.5) is 0 Å². The van der Waals surface area contributed by atoms with E-state index in [1.165, 1.54) is 0 Å². The Bertz CT molecular complexity index is 170. The zero-order valence-electron chi connectivity index (χ0n) is 9.72. The Hall–Kier alpha value is -0.450. The number of hydrogen-bond donors (Lipinski definition) is 2. The van der Waals surface area contributed by atoms with E-state index in [1.807, 2.05) is 20.8 Å². The fraction of sp³-hybridized carbons (Fsp3) is 0.909. The summed E-state index contributed by atoms with van der Waals surface area (Å²) >= 11 is 0. The Morgan fingerprint density at radius 1 is 1.20 bits per heavy atom. The Labute approximate surface area is 91.3 Å². The molecule has 0 aliphatic heterocycles. The third kappa shape index (κ3) is 7.48. The van der Waals surface area contributed by atoms with Crippen molar-refractivity contribution in [3.63, 3.8) is 0 Å². The van der Waals surface area contributed by atoms with Crippen LogP contribution in [0.2, 0.25) is 0 Å². The van der Waals surface area contributed by atoms with Gasteiger partial charge in [-0.25, -0.2) is 0 Å². The van der Waals surface area contributed by atoms with Crippen LogP contribution in [0, 0.1) is 0 Å². The lowest BCUT2D eigenvalue weighted by Gasteiger charge is -2.22. The Balaban J connectivity index is 3.78. The van der Waals surface area contributed by atoms with Gasteiger partial charge >= 0.3 is 0 Å². The van der Waals surface area contributed by atoms with Crippen LogP contribution in [0.3, 0.4) is 0 Å². The molecule has 0 aromatic carbocycles. The summed E-state index contributed by atoms with van der Waals surface area (Å²) in [5.74, 6) is 0. The number of carbonyl (C=O) groups excluding carboxylic acids is 1. The first-order chi connectivity index (χ1) is 6.97. The van der Waals surface area contributed by atoms with Gasteiger partial charge in [0, 0.05) is 12.8 Å². The van der Waals surface area contributed by atoms with Gasteiger partial charge in [-0.05, 0) is 27.2 Å². The van der Waals surface area contributed by atoms with Crippen LogP contribution in [-0.4, -0.2) is 40.9 Å². The summed E-state index contributed by atoms with van der Waals surface area (Å²) in [7, 11) is 0. The summed E-state index contributed by atoms with van der Waals surface area (Å²) in [4.78, 5) is 10.1. The predicted molar refractivity (Wildman–Crippen MR) is 57.6 cm³/mol. The number of ether oxygens (including phenoxy) is 1. The molecule has 0 bridgehead atoms. The molecule has 0 saturated carbocycles. The molecule has 0 saturated heterocycles. The molecule has 0 rings (SSSR count). The molecule has 0 aromatic heterocycles. The predicted octanol–water partition coefficient (Wildman–Crippen LogP) is 0.891. The first-order valence-electron chi connectivity index (χ1n) is 5.42. The minimum Gasteiger partial charge on any atom is -0.390 e. The number of rotatable bonds is 8. The highest BCUT2D eigenvalue weighted by molar-refractivity contribution is 5.49. The van der Waals surface area contributed by atoms with Crippen molar-refractivity contribution in [1.29, 1.82) is 0 Å². The molecule has 0 aliphatic rings. The van der Waals surface area contributed by atoms with Crippen LogP contribution in [0.5, 0.6) is 0 Å². The van der Waals surface area contributed by atoms with Crippen LogP contribution >= 0.6 is 0 Å². The first-order valence-corrected chi connectivity index (χ1v) is 5.42. The van der Waals surface area contributed by atoms with Crippen molar-refractivity contribution in [2.75, 3.05) is 0 Å². The number of aliphatic hydroxyl groups is 2. The Kier molecular flexibility index (Phi) is 7.56. The van der Waals surface area contributed by atoms with E-state index < -0.39 is 12.2 Å². The zero-order valence-corrected chi connectivity index (χ0v) is 9.72. The van der Waals surface area contributed by atoms with Gasteiger partial charge in [-0.2, -0.15) is 0 Å². The summed E-state index contributed by atoms with van der Waals surface area (Å²) in [6.07, 6.45) is 0.0659. The SMILES string of the molecule is CC(C)OC(C)CC(O)C(O)CCC=O. The average Bonchev–Trinajstić information content (AvgIpc) is 2.12. The van der Waals surface area contributed by atoms with Crippen LogP contribution in [0.1, 0.15) is 40.0 Å². The lowest BCUT2D eigenvalue weighted by Crippen LogP contribution is -2.31. The molecule has 4 heteroatoms. The second kappa shape index (κ2) is 7.79. The maximum absolute atomic E-state index is 10.1. The molecular formula is C11H22O4. The second-order valence-corrected chi connectivity index (χ2v) is 4.11. The number of hydrogen-bond acceptors (Lipinski definition) is 4. The van der Waals surface area contributed by atoms with E-state index in [1.54, 1.807) is 0 Å². The van der Waals surface area contributed by atoms with Crippen molar-refractivity contribution in [3.05, 3.63) is 0 Å². The molecule has 0 amide bonds. The molecule has 15 heavy (non-hydrogen) atoms. The highest BCUT2D eigenvalue weighted by Crippen LogP contribution is 2.11. The van der Waals surface area contributed by atoms with Gasteiger partial charge in [0.1, 0.15) is 6.29 Å². The fourth-order valence-corrected chi connectivity index (χ4v) is 1.45. The van der Waals surface area contributed by atoms with Gasteiger partial charge in [-0.3, -0.25) is 0 Å². The molecule has 0 aliphatic carbocycles. The molecule has 3 atom stereocenters. The largest absolute Gasteiger partial charge is 0.390 e. The van der Waals surface area contributed by atoms with Crippen molar-refractivity contribution in [3.8, 4) is 0 Å². The smallest absolute Gasteiger partial charge is 0.120 e. The van der Waals surface area contributed by atoms with E-state index >= 15 is 0 Å². The van der Waals surface area contributed by atoms with E-state index in [9.17, 15) is 15.0 Å². The molecule has 0 radical (unpaired) electrons. The maximum atomic E-state index is 10.1. The second-order valence-electron chi connectivity index (χ2n) is 4.11. The summed E-state index contributed by atoms with van der Waals surface area (Å²) < 4.78 is 5.43. The quantitative estimate of drug-likeness (QED) is 0.594. The molecule has 0 spiro atoms. The van der Waals surface area contributed by atoms with Crippen molar-refractivity contribution in [2.24, 2.45) is 0 Å². The van der Waals surface area contributed by atoms with Crippen molar-refractivity contribution in [2.45, 2.75) is 64.4 Å². The van der Waals surface area contributed by atoms with Gasteiger partial charge in [-0.1, -0.05) is 0 Å². The number of aliphatic hydroxyl groups excluding tert-OH is 2. The summed E-state index contributed by atoms with van der Waals surface area (Å²) in [6, 6.07) is 0. The van der Waals surface area contributed by atoms with E-state index in [-0.39, 0.29) is 18.6 Å². The standard InChI is InChI=1S/C11H22O4/c1-8(2)15-9(3)7-11(14)10(13)5-4-6-12/h6,8-11,13-14H,4-5,7H2,1-3H3. The molecule has 4 nitrogen and oxygen atoms in total. The summed E-state index contributed by atoms with van der Waals surface area (Å²) in [5, 5.41) is 19.0. The Morgan fingerprint density at radius 3 is 2.27 bits per heavy atom. The van der Waals surface area contributed by atoms with Crippen molar-refractivity contribution < 1.29 is 19.7 Å². The van der Waals surface area contributed by atoms with E-state index in [2.05, 4.69) is 0 Å². The lowest BCUT2D eigenvalue weighted by atomic mass is 10.0. The van der Waals surface area contributed by atoms with E-state index in [4.69, 9.17) is 4.74 Å². The molecule has 0 heterocycles. The highest BCUT2D eigenvalue weighted by Gasteiger charge is 2.19. The summed E-state index contributed by atoms with van der Waals surface area (Å²) in [5.41, 5.74) is 0. The van der Waals surface area contributed by atoms with E-state index in [0.29, 0.717) is 12.8 Å². The highest BCUT2D eigenvalue weighted by atomic mass is 16.5.